The molecule has 1 N–H and O–H groups in total. The molecule has 0 aliphatic carbocycles. The van der Waals surface area contributed by atoms with Crippen LogP contribution in [0.25, 0.3) is 0 Å². The molecule has 0 unspecified atom stereocenters. The molecule has 2 nitrogen and oxygen atoms in total. The second kappa shape index (κ2) is 5.01. The Hall–Kier alpha value is -1.81. The van der Waals surface area contributed by atoms with Crippen molar-refractivity contribution in [3.63, 3.8) is 0 Å². The fourth-order valence-corrected chi connectivity index (χ4v) is 1.61. The maximum Gasteiger partial charge on any atom is 0.258 e. The van der Waals surface area contributed by atoms with Crippen LogP contribution in [0.5, 0.6) is 0 Å². The lowest BCUT2D eigenvalue weighted by atomic mass is 10.2. The Labute approximate surface area is 104 Å². The molecule has 17 heavy (non-hydrogen) atoms. The molecule has 0 spiro atoms. The summed E-state index contributed by atoms with van der Waals surface area (Å²) in [6, 6.07) is 13.0. The molecule has 0 heterocycles. The first-order valence-electron chi connectivity index (χ1n) is 5.02. The highest BCUT2D eigenvalue weighted by Crippen LogP contribution is 2.15. The number of amides is 1. The lowest BCUT2D eigenvalue weighted by molar-refractivity contribution is 0.102. The van der Waals surface area contributed by atoms with Gasteiger partial charge in [0.05, 0.1) is 5.56 Å². The van der Waals surface area contributed by atoms with Gasteiger partial charge in [0.2, 0.25) is 0 Å². The van der Waals surface area contributed by atoms with Crippen LogP contribution in [-0.2, 0) is 0 Å². The SMILES string of the molecule is O=C(Nc1ccccc1)c1cc(S)ccc1F. The second-order valence-corrected chi connectivity index (χ2v) is 4.00. The summed E-state index contributed by atoms with van der Waals surface area (Å²) in [6.45, 7) is 0. The van der Waals surface area contributed by atoms with Gasteiger partial charge in [0.15, 0.2) is 0 Å². The number of benzene rings is 2. The van der Waals surface area contributed by atoms with Crippen LogP contribution in [-0.4, -0.2) is 5.91 Å². The molecule has 0 bridgehead atoms. The van der Waals surface area contributed by atoms with Gasteiger partial charge in [0.1, 0.15) is 5.82 Å². The first-order valence-corrected chi connectivity index (χ1v) is 5.46. The summed E-state index contributed by atoms with van der Waals surface area (Å²) in [5.74, 6) is -1.04. The van der Waals surface area contributed by atoms with Gasteiger partial charge >= 0.3 is 0 Å². The van der Waals surface area contributed by atoms with Crippen molar-refractivity contribution in [3.8, 4) is 0 Å². The number of hydrogen-bond donors (Lipinski definition) is 2. The fourth-order valence-electron chi connectivity index (χ4n) is 1.41. The van der Waals surface area contributed by atoms with E-state index in [2.05, 4.69) is 17.9 Å². The quantitative estimate of drug-likeness (QED) is 0.783. The molecule has 0 aromatic heterocycles. The number of para-hydroxylation sites is 1. The number of halogens is 1. The molecule has 0 atom stereocenters. The van der Waals surface area contributed by atoms with Crippen LogP contribution in [0, 0.1) is 5.82 Å². The third-order valence-electron chi connectivity index (χ3n) is 2.23. The van der Waals surface area contributed by atoms with E-state index in [4.69, 9.17) is 0 Å². The molecule has 0 saturated heterocycles. The molecule has 0 fully saturated rings. The van der Waals surface area contributed by atoms with Crippen LogP contribution in [0.2, 0.25) is 0 Å². The average molecular weight is 247 g/mol. The molecule has 0 aliphatic rings. The van der Waals surface area contributed by atoms with E-state index in [0.717, 1.165) is 0 Å². The van der Waals surface area contributed by atoms with E-state index in [1.807, 2.05) is 6.07 Å². The molecule has 2 aromatic carbocycles. The van der Waals surface area contributed by atoms with Crippen LogP contribution in [0.3, 0.4) is 0 Å². The standard InChI is InChI=1S/C13H10FNOS/c14-12-7-6-10(17)8-11(12)13(16)15-9-4-2-1-3-5-9/h1-8,17H,(H,15,16). The van der Waals surface area contributed by atoms with Gasteiger partial charge in [-0.15, -0.1) is 12.6 Å². The molecule has 0 radical (unpaired) electrons. The number of thiol groups is 1. The second-order valence-electron chi connectivity index (χ2n) is 3.48. The number of carbonyl (C=O) groups is 1. The summed E-state index contributed by atoms with van der Waals surface area (Å²) in [6.07, 6.45) is 0. The van der Waals surface area contributed by atoms with Crippen molar-refractivity contribution >= 4 is 24.2 Å². The van der Waals surface area contributed by atoms with Crippen LogP contribution in [0.1, 0.15) is 10.4 Å². The van der Waals surface area contributed by atoms with E-state index in [1.165, 1.54) is 18.2 Å². The number of anilines is 1. The molecule has 2 aromatic rings. The van der Waals surface area contributed by atoms with Crippen molar-refractivity contribution in [1.82, 2.24) is 0 Å². The topological polar surface area (TPSA) is 29.1 Å². The zero-order valence-electron chi connectivity index (χ0n) is 8.85. The molecule has 0 aliphatic heterocycles. The lowest BCUT2D eigenvalue weighted by Gasteiger charge is -2.06. The Morgan fingerprint density at radius 3 is 2.53 bits per heavy atom. The van der Waals surface area contributed by atoms with Crippen LogP contribution in [0.15, 0.2) is 53.4 Å². The van der Waals surface area contributed by atoms with Gasteiger partial charge in [-0.05, 0) is 30.3 Å². The highest BCUT2D eigenvalue weighted by molar-refractivity contribution is 7.80. The third-order valence-corrected chi connectivity index (χ3v) is 2.50. The van der Waals surface area contributed by atoms with E-state index in [1.54, 1.807) is 24.3 Å². The summed E-state index contributed by atoms with van der Waals surface area (Å²) in [5, 5.41) is 2.61. The number of rotatable bonds is 2. The molecular formula is C13H10FNOS. The molecule has 0 saturated carbocycles. The van der Waals surface area contributed by atoms with E-state index >= 15 is 0 Å². The summed E-state index contributed by atoms with van der Waals surface area (Å²) in [4.78, 5) is 12.3. The lowest BCUT2D eigenvalue weighted by Crippen LogP contribution is -2.13. The van der Waals surface area contributed by atoms with Gasteiger partial charge in [-0.25, -0.2) is 4.39 Å². The third kappa shape index (κ3) is 2.85. The predicted molar refractivity (Wildman–Crippen MR) is 68.0 cm³/mol. The van der Waals surface area contributed by atoms with Gasteiger partial charge in [0, 0.05) is 10.6 Å². The highest BCUT2D eigenvalue weighted by atomic mass is 32.1. The number of hydrogen-bond acceptors (Lipinski definition) is 2. The Morgan fingerprint density at radius 1 is 1.12 bits per heavy atom. The first kappa shape index (κ1) is 11.7. The minimum Gasteiger partial charge on any atom is -0.322 e. The average Bonchev–Trinajstić information content (AvgIpc) is 2.33. The molecule has 1 amide bonds. The van der Waals surface area contributed by atoms with Gasteiger partial charge in [-0.3, -0.25) is 4.79 Å². The Balaban J connectivity index is 2.23. The minimum absolute atomic E-state index is 0.0126. The minimum atomic E-state index is -0.559. The first-order chi connectivity index (χ1) is 8.16. The zero-order valence-corrected chi connectivity index (χ0v) is 9.75. The fraction of sp³-hybridized carbons (Fsp3) is 0. The van der Waals surface area contributed by atoms with E-state index < -0.39 is 11.7 Å². The number of nitrogens with one attached hydrogen (secondary N) is 1. The molecule has 86 valence electrons. The van der Waals surface area contributed by atoms with Crippen molar-refractivity contribution in [2.45, 2.75) is 4.90 Å². The van der Waals surface area contributed by atoms with Crippen molar-refractivity contribution in [2.75, 3.05) is 5.32 Å². The molecule has 4 heteroatoms. The summed E-state index contributed by atoms with van der Waals surface area (Å²) in [5.41, 5.74) is 0.614. The maximum atomic E-state index is 13.4. The van der Waals surface area contributed by atoms with Crippen LogP contribution >= 0.6 is 12.6 Å². The van der Waals surface area contributed by atoms with E-state index in [-0.39, 0.29) is 5.56 Å². The van der Waals surface area contributed by atoms with Crippen molar-refractivity contribution < 1.29 is 9.18 Å². The Morgan fingerprint density at radius 2 is 1.82 bits per heavy atom. The van der Waals surface area contributed by atoms with Gasteiger partial charge < -0.3 is 5.32 Å². The Kier molecular flexibility index (Phi) is 3.44. The van der Waals surface area contributed by atoms with Crippen molar-refractivity contribution in [3.05, 3.63) is 59.9 Å². The van der Waals surface area contributed by atoms with Crippen LogP contribution in [0.4, 0.5) is 10.1 Å². The number of carbonyl (C=O) groups excluding carboxylic acids is 1. The van der Waals surface area contributed by atoms with Crippen molar-refractivity contribution in [1.29, 1.82) is 0 Å². The summed E-state index contributed by atoms with van der Waals surface area (Å²) < 4.78 is 13.4. The van der Waals surface area contributed by atoms with Gasteiger partial charge in [-0.1, -0.05) is 18.2 Å². The maximum absolute atomic E-state index is 13.4. The smallest absolute Gasteiger partial charge is 0.258 e. The normalized spacial score (nSPS) is 10.0. The summed E-state index contributed by atoms with van der Waals surface area (Å²) >= 11 is 4.08. The predicted octanol–water partition coefficient (Wildman–Crippen LogP) is 3.37. The monoisotopic (exact) mass is 247 g/mol. The van der Waals surface area contributed by atoms with E-state index in [9.17, 15) is 9.18 Å². The highest BCUT2D eigenvalue weighted by Gasteiger charge is 2.11. The van der Waals surface area contributed by atoms with Gasteiger partial charge in [0.25, 0.3) is 5.91 Å². The van der Waals surface area contributed by atoms with Crippen molar-refractivity contribution in [2.24, 2.45) is 0 Å². The largest absolute Gasteiger partial charge is 0.322 e. The summed E-state index contributed by atoms with van der Waals surface area (Å²) in [7, 11) is 0. The molecule has 2 rings (SSSR count). The van der Waals surface area contributed by atoms with E-state index in [0.29, 0.717) is 10.6 Å². The Bertz CT molecular complexity index is 542. The molecular weight excluding hydrogens is 237 g/mol. The van der Waals surface area contributed by atoms with Gasteiger partial charge in [-0.2, -0.15) is 0 Å². The zero-order chi connectivity index (χ0) is 12.3. The van der Waals surface area contributed by atoms with Crippen LogP contribution < -0.4 is 5.32 Å².